The molecule has 0 amide bonds. The lowest BCUT2D eigenvalue weighted by Gasteiger charge is -2.24. The number of pyridine rings is 1. The van der Waals surface area contributed by atoms with Crippen molar-refractivity contribution < 1.29 is 4.57 Å². The Hall–Kier alpha value is -2.28. The normalized spacial score (nSPS) is 10.9. The Bertz CT molecular complexity index is 771. The molecule has 0 aliphatic heterocycles. The van der Waals surface area contributed by atoms with Gasteiger partial charge in [-0.2, -0.15) is 0 Å². The number of para-hydroxylation sites is 1. The molecule has 0 atom stereocenters. The topological polar surface area (TPSA) is 3.88 Å². The lowest BCUT2D eigenvalue weighted by molar-refractivity contribution is -0.623. The maximum Gasteiger partial charge on any atom is 0.113 e. The van der Waals surface area contributed by atoms with Crippen molar-refractivity contribution in [3.63, 3.8) is 0 Å². The molecular weight excluding hydrogens is 266 g/mol. The summed E-state index contributed by atoms with van der Waals surface area (Å²) in [5, 5.41) is 1.33. The molecule has 0 spiro atoms. The molecule has 112 valence electrons. The Morgan fingerprint density at radius 2 is 1.50 bits per heavy atom. The summed E-state index contributed by atoms with van der Waals surface area (Å²) in [6.07, 6.45) is 2.13. The molecule has 0 saturated carbocycles. The van der Waals surface area contributed by atoms with E-state index >= 15 is 0 Å². The van der Waals surface area contributed by atoms with Crippen LogP contribution in [0.5, 0.6) is 0 Å². The highest BCUT2D eigenvalue weighted by molar-refractivity contribution is 5.81. The molecule has 0 aliphatic carbocycles. The summed E-state index contributed by atoms with van der Waals surface area (Å²) in [6, 6.07) is 23.2. The summed E-state index contributed by atoms with van der Waals surface area (Å²) in [6.45, 7) is 6.70. The van der Waals surface area contributed by atoms with E-state index in [1.54, 1.807) is 0 Å². The van der Waals surface area contributed by atoms with Gasteiger partial charge in [-0.15, -0.1) is 0 Å². The fourth-order valence-corrected chi connectivity index (χ4v) is 3.21. The van der Waals surface area contributed by atoms with Crippen molar-refractivity contribution in [1.29, 1.82) is 0 Å². The SMILES string of the molecule is CC[C-](CC)[n+]1c(-c2ccccc2)cc(C)c2ccccc21. The first-order valence-corrected chi connectivity index (χ1v) is 8.11. The average Bonchev–Trinajstić information content (AvgIpc) is 2.58. The second kappa shape index (κ2) is 6.23. The van der Waals surface area contributed by atoms with Gasteiger partial charge in [0.25, 0.3) is 0 Å². The van der Waals surface area contributed by atoms with E-state index < -0.39 is 0 Å². The van der Waals surface area contributed by atoms with E-state index in [0.717, 1.165) is 12.8 Å². The lowest BCUT2D eigenvalue weighted by atomic mass is 10.0. The highest BCUT2D eigenvalue weighted by atomic mass is 15.0. The summed E-state index contributed by atoms with van der Waals surface area (Å²) in [5.41, 5.74) is 5.20. The van der Waals surface area contributed by atoms with Gasteiger partial charge in [-0.25, -0.2) is 0 Å². The zero-order valence-corrected chi connectivity index (χ0v) is 13.6. The van der Waals surface area contributed by atoms with Gasteiger partial charge < -0.3 is 4.57 Å². The van der Waals surface area contributed by atoms with Gasteiger partial charge in [0, 0.05) is 0 Å². The Morgan fingerprint density at radius 3 is 2.18 bits per heavy atom. The van der Waals surface area contributed by atoms with Crippen molar-refractivity contribution in [1.82, 2.24) is 0 Å². The smallest absolute Gasteiger partial charge is 0.113 e. The number of nitrogens with zero attached hydrogens (tertiary/aromatic N) is 1. The number of aryl methyl sites for hydroxylation is 1. The number of benzene rings is 2. The van der Waals surface area contributed by atoms with Crippen LogP contribution in [0, 0.1) is 13.0 Å². The van der Waals surface area contributed by atoms with Crippen LogP contribution in [-0.2, 0) is 0 Å². The second-order valence-electron chi connectivity index (χ2n) is 5.70. The minimum Gasteiger partial charge on any atom is -0.321 e. The Morgan fingerprint density at radius 1 is 0.864 bits per heavy atom. The number of rotatable bonds is 4. The fourth-order valence-electron chi connectivity index (χ4n) is 3.21. The molecule has 2 aromatic carbocycles. The van der Waals surface area contributed by atoms with Crippen LogP contribution >= 0.6 is 0 Å². The van der Waals surface area contributed by atoms with Crippen LogP contribution in [0.3, 0.4) is 0 Å². The zero-order valence-electron chi connectivity index (χ0n) is 13.6. The largest absolute Gasteiger partial charge is 0.321 e. The molecule has 3 aromatic rings. The summed E-state index contributed by atoms with van der Waals surface area (Å²) in [7, 11) is 0. The van der Waals surface area contributed by atoms with E-state index in [2.05, 4.69) is 86.0 Å². The van der Waals surface area contributed by atoms with Crippen molar-refractivity contribution in [3.8, 4) is 11.3 Å². The minimum absolute atomic E-state index is 1.06. The number of aromatic nitrogens is 1. The molecule has 0 fully saturated rings. The molecule has 1 nitrogen and oxygen atoms in total. The van der Waals surface area contributed by atoms with E-state index in [4.69, 9.17) is 0 Å². The molecule has 0 unspecified atom stereocenters. The number of fused-ring (bicyclic) bond motifs is 1. The first-order chi connectivity index (χ1) is 10.8. The quantitative estimate of drug-likeness (QED) is 0.453. The first-order valence-electron chi connectivity index (χ1n) is 8.11. The van der Waals surface area contributed by atoms with Gasteiger partial charge in [-0.1, -0.05) is 67.9 Å². The van der Waals surface area contributed by atoms with Gasteiger partial charge in [0.2, 0.25) is 0 Å². The number of hydrogen-bond donors (Lipinski definition) is 0. The molecule has 22 heavy (non-hydrogen) atoms. The maximum absolute atomic E-state index is 2.46. The predicted octanol–water partition coefficient (Wildman–Crippen LogP) is 5.30. The fraction of sp³-hybridized carbons (Fsp3) is 0.238. The van der Waals surface area contributed by atoms with Gasteiger partial charge in [0.15, 0.2) is 0 Å². The summed E-state index contributed by atoms with van der Waals surface area (Å²) in [5.74, 6) is 0. The highest BCUT2D eigenvalue weighted by Gasteiger charge is 2.17. The monoisotopic (exact) mass is 289 g/mol. The first kappa shape index (κ1) is 14.6. The third-order valence-corrected chi connectivity index (χ3v) is 4.37. The van der Waals surface area contributed by atoms with Crippen molar-refractivity contribution in [2.45, 2.75) is 33.6 Å². The molecule has 0 bridgehead atoms. The van der Waals surface area contributed by atoms with Crippen LogP contribution in [0.2, 0.25) is 0 Å². The van der Waals surface area contributed by atoms with Crippen LogP contribution in [0.1, 0.15) is 32.3 Å². The van der Waals surface area contributed by atoms with Crippen molar-refractivity contribution in [2.24, 2.45) is 0 Å². The third kappa shape index (κ3) is 2.48. The zero-order chi connectivity index (χ0) is 15.5. The molecule has 1 heterocycles. The van der Waals surface area contributed by atoms with E-state index in [-0.39, 0.29) is 0 Å². The molecule has 0 saturated heterocycles. The summed E-state index contributed by atoms with van der Waals surface area (Å²) >= 11 is 0. The second-order valence-corrected chi connectivity index (χ2v) is 5.70. The van der Waals surface area contributed by atoms with Gasteiger partial charge in [-0.3, -0.25) is 0 Å². The van der Waals surface area contributed by atoms with Gasteiger partial charge in [0.05, 0.1) is 6.04 Å². The molecule has 0 N–H and O–H groups in total. The van der Waals surface area contributed by atoms with Crippen LogP contribution in [0.4, 0.5) is 0 Å². The van der Waals surface area contributed by atoms with Crippen molar-refractivity contribution in [2.75, 3.05) is 0 Å². The number of hydrogen-bond acceptors (Lipinski definition) is 0. The van der Waals surface area contributed by atoms with Crippen LogP contribution in [0.15, 0.2) is 60.7 Å². The standard InChI is InChI=1S/C21H23N/c1-4-18(5-2)22-20-14-10-9-13-19(20)16(3)15-21(22)17-11-7-6-8-12-17/h6-15H,4-5H2,1-3H3. The summed E-state index contributed by atoms with van der Waals surface area (Å²) < 4.78 is 2.46. The minimum atomic E-state index is 1.06. The van der Waals surface area contributed by atoms with E-state index in [9.17, 15) is 0 Å². The lowest BCUT2D eigenvalue weighted by Crippen LogP contribution is -2.42. The molecule has 0 radical (unpaired) electrons. The van der Waals surface area contributed by atoms with Gasteiger partial charge in [-0.05, 0) is 42.8 Å². The van der Waals surface area contributed by atoms with E-state index in [1.807, 2.05) is 0 Å². The Balaban J connectivity index is 2.38. The molecule has 1 aromatic heterocycles. The third-order valence-electron chi connectivity index (χ3n) is 4.37. The molecule has 3 rings (SSSR count). The average molecular weight is 289 g/mol. The molecule has 0 aliphatic rings. The Labute approximate surface area is 133 Å². The Kier molecular flexibility index (Phi) is 4.15. The van der Waals surface area contributed by atoms with Gasteiger partial charge >= 0.3 is 0 Å². The highest BCUT2D eigenvalue weighted by Crippen LogP contribution is 2.25. The van der Waals surface area contributed by atoms with Crippen molar-refractivity contribution in [3.05, 3.63) is 72.3 Å². The van der Waals surface area contributed by atoms with Crippen LogP contribution < -0.4 is 4.57 Å². The molecule has 1 heteroatoms. The van der Waals surface area contributed by atoms with Crippen LogP contribution in [0.25, 0.3) is 22.2 Å². The van der Waals surface area contributed by atoms with Crippen molar-refractivity contribution >= 4 is 10.9 Å². The summed E-state index contributed by atoms with van der Waals surface area (Å²) in [4.78, 5) is 0. The molecular formula is C21H23N. The van der Waals surface area contributed by atoms with E-state index in [1.165, 1.54) is 33.8 Å². The maximum atomic E-state index is 2.46. The van der Waals surface area contributed by atoms with E-state index in [0.29, 0.717) is 0 Å². The van der Waals surface area contributed by atoms with Crippen LogP contribution in [-0.4, -0.2) is 0 Å². The van der Waals surface area contributed by atoms with Gasteiger partial charge in [0.1, 0.15) is 11.2 Å². The predicted molar refractivity (Wildman–Crippen MR) is 93.5 cm³/mol.